The summed E-state index contributed by atoms with van der Waals surface area (Å²) in [5.74, 6) is 0.285. The van der Waals surface area contributed by atoms with E-state index in [0.717, 1.165) is 51.9 Å². The molecule has 9 nitrogen and oxygen atoms in total. The van der Waals surface area contributed by atoms with Gasteiger partial charge in [-0.1, -0.05) is 0 Å². The molecule has 2 fully saturated rings. The molecular weight excluding hydrogens is 348 g/mol. The molecule has 1 atom stereocenters. The Kier molecular flexibility index (Phi) is 7.17. The van der Waals surface area contributed by atoms with Gasteiger partial charge in [0.1, 0.15) is 19.2 Å². The zero-order valence-corrected chi connectivity index (χ0v) is 16.0. The Morgan fingerprint density at radius 3 is 2.74 bits per heavy atom. The van der Waals surface area contributed by atoms with Crippen LogP contribution in [-0.4, -0.2) is 88.9 Å². The molecule has 1 unspecified atom stereocenters. The summed E-state index contributed by atoms with van der Waals surface area (Å²) in [6, 6.07) is 0.454. The van der Waals surface area contributed by atoms with Crippen molar-refractivity contribution in [1.82, 2.24) is 29.9 Å². The number of hydrogen-bond donors (Lipinski definition) is 1. The predicted octanol–water partition coefficient (Wildman–Crippen LogP) is -0.256. The average molecular weight is 378 g/mol. The molecule has 0 aliphatic carbocycles. The molecule has 0 spiro atoms. The zero-order chi connectivity index (χ0) is 19.1. The Bertz CT molecular complexity index is 600. The van der Waals surface area contributed by atoms with Crippen LogP contribution in [0.3, 0.4) is 0 Å². The van der Waals surface area contributed by atoms with Crippen LogP contribution in [0, 0.1) is 5.92 Å². The number of hydrogen-bond acceptors (Lipinski definition) is 6. The van der Waals surface area contributed by atoms with Crippen molar-refractivity contribution < 1.29 is 14.3 Å². The van der Waals surface area contributed by atoms with Crippen LogP contribution in [0.25, 0.3) is 0 Å². The van der Waals surface area contributed by atoms with Gasteiger partial charge in [-0.05, 0) is 32.2 Å². The second-order valence-corrected chi connectivity index (χ2v) is 7.32. The SMILES string of the molecule is COCCNC(=O)C1CCCN(C2CCN(C(=O)Cn3cncn3)CC2)C1. The molecule has 1 aromatic rings. The fraction of sp³-hybridized carbons (Fsp3) is 0.778. The van der Waals surface area contributed by atoms with Gasteiger partial charge in [0.25, 0.3) is 0 Å². The molecule has 150 valence electrons. The lowest BCUT2D eigenvalue weighted by molar-refractivity contribution is -0.133. The highest BCUT2D eigenvalue weighted by Crippen LogP contribution is 2.24. The third-order valence-electron chi connectivity index (χ3n) is 5.53. The summed E-state index contributed by atoms with van der Waals surface area (Å²) in [6.07, 6.45) is 6.93. The fourth-order valence-corrected chi connectivity index (χ4v) is 4.01. The van der Waals surface area contributed by atoms with Crippen LogP contribution < -0.4 is 5.32 Å². The van der Waals surface area contributed by atoms with Crippen LogP contribution in [-0.2, 0) is 20.9 Å². The monoisotopic (exact) mass is 378 g/mol. The summed E-state index contributed by atoms with van der Waals surface area (Å²) in [5.41, 5.74) is 0. The molecule has 27 heavy (non-hydrogen) atoms. The van der Waals surface area contributed by atoms with Crippen LogP contribution in [0.4, 0.5) is 0 Å². The van der Waals surface area contributed by atoms with Gasteiger partial charge in [-0.3, -0.25) is 14.5 Å². The number of nitrogens with one attached hydrogen (secondary N) is 1. The van der Waals surface area contributed by atoms with Gasteiger partial charge >= 0.3 is 0 Å². The molecule has 3 heterocycles. The number of carbonyl (C=O) groups excluding carboxylic acids is 2. The molecular formula is C18H30N6O3. The van der Waals surface area contributed by atoms with E-state index in [-0.39, 0.29) is 24.3 Å². The first kappa shape index (κ1) is 19.8. The Morgan fingerprint density at radius 2 is 2.04 bits per heavy atom. The maximum Gasteiger partial charge on any atom is 0.244 e. The van der Waals surface area contributed by atoms with Gasteiger partial charge in [0.05, 0.1) is 12.5 Å². The lowest BCUT2D eigenvalue weighted by Gasteiger charge is -2.42. The van der Waals surface area contributed by atoms with Gasteiger partial charge in [-0.2, -0.15) is 5.10 Å². The number of rotatable bonds is 7. The van der Waals surface area contributed by atoms with Crippen LogP contribution in [0.15, 0.2) is 12.7 Å². The van der Waals surface area contributed by atoms with E-state index in [1.54, 1.807) is 18.1 Å². The van der Waals surface area contributed by atoms with E-state index >= 15 is 0 Å². The van der Waals surface area contributed by atoms with Crippen LogP contribution >= 0.6 is 0 Å². The van der Waals surface area contributed by atoms with E-state index in [1.165, 1.54) is 6.33 Å². The molecule has 9 heteroatoms. The van der Waals surface area contributed by atoms with Crippen molar-refractivity contribution in [1.29, 1.82) is 0 Å². The van der Waals surface area contributed by atoms with Gasteiger partial charge in [0, 0.05) is 39.3 Å². The van der Waals surface area contributed by atoms with E-state index in [2.05, 4.69) is 20.3 Å². The maximum absolute atomic E-state index is 12.4. The summed E-state index contributed by atoms with van der Waals surface area (Å²) in [5, 5.41) is 6.96. The minimum Gasteiger partial charge on any atom is -0.383 e. The largest absolute Gasteiger partial charge is 0.383 e. The van der Waals surface area contributed by atoms with Crippen LogP contribution in [0.2, 0.25) is 0 Å². The fourth-order valence-electron chi connectivity index (χ4n) is 4.01. The molecule has 0 radical (unpaired) electrons. The number of methoxy groups -OCH3 is 1. The van der Waals surface area contributed by atoms with E-state index in [4.69, 9.17) is 4.74 Å². The lowest BCUT2D eigenvalue weighted by atomic mass is 9.93. The second kappa shape index (κ2) is 9.80. The zero-order valence-electron chi connectivity index (χ0n) is 16.0. The number of likely N-dealkylation sites (tertiary alicyclic amines) is 2. The van der Waals surface area contributed by atoms with E-state index in [0.29, 0.717) is 19.2 Å². The molecule has 1 N–H and O–H groups in total. The minimum atomic E-state index is 0.0579. The van der Waals surface area contributed by atoms with Gasteiger partial charge in [0.15, 0.2) is 0 Å². The number of nitrogens with zero attached hydrogens (tertiary/aromatic N) is 5. The standard InChI is InChI=1S/C18H30N6O3/c1-27-10-6-20-18(26)15-3-2-7-23(11-15)16-4-8-22(9-5-16)17(25)12-24-14-19-13-21-24/h13-16H,2-12H2,1H3,(H,20,26). The van der Waals surface area contributed by atoms with E-state index in [9.17, 15) is 9.59 Å². The Labute approximate surface area is 160 Å². The lowest BCUT2D eigenvalue weighted by Crippen LogP contribution is -2.52. The second-order valence-electron chi connectivity index (χ2n) is 7.32. The number of aromatic nitrogens is 3. The van der Waals surface area contributed by atoms with Crippen molar-refractivity contribution in [3.8, 4) is 0 Å². The quantitative estimate of drug-likeness (QED) is 0.658. The highest BCUT2D eigenvalue weighted by Gasteiger charge is 2.32. The van der Waals surface area contributed by atoms with Crippen molar-refractivity contribution in [2.45, 2.75) is 38.3 Å². The highest BCUT2D eigenvalue weighted by molar-refractivity contribution is 5.79. The van der Waals surface area contributed by atoms with Crippen molar-refractivity contribution in [2.75, 3.05) is 46.4 Å². The normalized spacial score (nSPS) is 22.0. The molecule has 3 rings (SSSR count). The first-order chi connectivity index (χ1) is 13.2. The van der Waals surface area contributed by atoms with Crippen LogP contribution in [0.5, 0.6) is 0 Å². The predicted molar refractivity (Wildman–Crippen MR) is 98.8 cm³/mol. The Morgan fingerprint density at radius 1 is 1.22 bits per heavy atom. The van der Waals surface area contributed by atoms with Gasteiger partial charge in [-0.15, -0.1) is 0 Å². The molecule has 2 amide bonds. The number of piperidine rings is 2. The first-order valence-electron chi connectivity index (χ1n) is 9.78. The smallest absolute Gasteiger partial charge is 0.244 e. The minimum absolute atomic E-state index is 0.0579. The Balaban J connectivity index is 1.43. The molecule has 2 aliphatic rings. The molecule has 0 aromatic carbocycles. The molecule has 2 saturated heterocycles. The molecule has 2 aliphatic heterocycles. The first-order valence-corrected chi connectivity index (χ1v) is 9.78. The van der Waals surface area contributed by atoms with Crippen molar-refractivity contribution in [2.24, 2.45) is 5.92 Å². The highest BCUT2D eigenvalue weighted by atomic mass is 16.5. The van der Waals surface area contributed by atoms with Crippen LogP contribution in [0.1, 0.15) is 25.7 Å². The summed E-state index contributed by atoms with van der Waals surface area (Å²) < 4.78 is 6.55. The summed E-state index contributed by atoms with van der Waals surface area (Å²) in [4.78, 5) is 32.9. The summed E-state index contributed by atoms with van der Waals surface area (Å²) in [6.45, 7) is 4.74. The third-order valence-corrected chi connectivity index (χ3v) is 5.53. The van der Waals surface area contributed by atoms with Gasteiger partial charge in [0.2, 0.25) is 11.8 Å². The summed E-state index contributed by atoms with van der Waals surface area (Å²) >= 11 is 0. The molecule has 0 bridgehead atoms. The van der Waals surface area contributed by atoms with Gasteiger partial charge < -0.3 is 15.0 Å². The molecule has 0 saturated carbocycles. The Hall–Kier alpha value is -2.00. The maximum atomic E-state index is 12.4. The number of amides is 2. The molecule has 1 aromatic heterocycles. The topological polar surface area (TPSA) is 92.6 Å². The van der Waals surface area contributed by atoms with Gasteiger partial charge in [-0.25, -0.2) is 9.67 Å². The van der Waals surface area contributed by atoms with Crippen molar-refractivity contribution >= 4 is 11.8 Å². The third kappa shape index (κ3) is 5.49. The van der Waals surface area contributed by atoms with E-state index in [1.807, 2.05) is 4.90 Å². The van der Waals surface area contributed by atoms with Crippen molar-refractivity contribution in [3.05, 3.63) is 12.7 Å². The average Bonchev–Trinajstić information content (AvgIpc) is 3.21. The summed E-state index contributed by atoms with van der Waals surface area (Å²) in [7, 11) is 1.64. The number of ether oxygens (including phenoxy) is 1. The van der Waals surface area contributed by atoms with Crippen molar-refractivity contribution in [3.63, 3.8) is 0 Å². The number of carbonyl (C=O) groups is 2. The van der Waals surface area contributed by atoms with E-state index < -0.39 is 0 Å².